The number of imidazole rings is 1. The summed E-state index contributed by atoms with van der Waals surface area (Å²) in [6.45, 7) is 4.82. The summed E-state index contributed by atoms with van der Waals surface area (Å²) >= 11 is 5.91. The van der Waals surface area contributed by atoms with Crippen LogP contribution < -0.4 is 5.32 Å². The molecule has 0 aliphatic heterocycles. The quantitative estimate of drug-likeness (QED) is 0.911. The van der Waals surface area contributed by atoms with Crippen molar-refractivity contribution < 1.29 is 0 Å². The van der Waals surface area contributed by atoms with E-state index in [9.17, 15) is 0 Å². The lowest BCUT2D eigenvalue weighted by molar-refractivity contribution is 0.532. The number of hydrogen-bond donors (Lipinski definition) is 1. The molecule has 0 radical (unpaired) electrons. The van der Waals surface area contributed by atoms with Gasteiger partial charge in [0.05, 0.1) is 24.6 Å². The summed E-state index contributed by atoms with van der Waals surface area (Å²) in [4.78, 5) is 4.21. The summed E-state index contributed by atoms with van der Waals surface area (Å²) in [5.41, 5.74) is 0.984. The predicted octanol–water partition coefficient (Wildman–Crippen LogP) is 2.46. The van der Waals surface area contributed by atoms with E-state index in [2.05, 4.69) is 29.2 Å². The molecule has 92 valence electrons. The van der Waals surface area contributed by atoms with Crippen LogP contribution in [0.1, 0.15) is 25.7 Å². The maximum atomic E-state index is 5.91. The third-order valence-corrected chi connectivity index (χ3v) is 2.96. The van der Waals surface area contributed by atoms with Gasteiger partial charge in [-0.1, -0.05) is 11.6 Å². The molecule has 0 aromatic carbocycles. The lowest BCUT2D eigenvalue weighted by Gasteiger charge is -2.05. The van der Waals surface area contributed by atoms with E-state index in [0.29, 0.717) is 17.7 Å². The van der Waals surface area contributed by atoms with Gasteiger partial charge in [-0.05, 0) is 13.8 Å². The fourth-order valence-electron chi connectivity index (χ4n) is 1.48. The van der Waals surface area contributed by atoms with Crippen LogP contribution in [0.2, 0.25) is 5.15 Å². The Hall–Kier alpha value is -1.49. The second-order valence-electron chi connectivity index (χ2n) is 4.21. The van der Waals surface area contributed by atoms with Gasteiger partial charge in [0, 0.05) is 19.3 Å². The van der Waals surface area contributed by atoms with Gasteiger partial charge < -0.3 is 9.88 Å². The molecule has 0 saturated heterocycles. The molecule has 2 aromatic rings. The fourth-order valence-corrected chi connectivity index (χ4v) is 1.63. The minimum atomic E-state index is 0.369. The first-order chi connectivity index (χ1) is 8.08. The first-order valence-corrected chi connectivity index (χ1v) is 5.90. The molecule has 0 fully saturated rings. The van der Waals surface area contributed by atoms with E-state index in [-0.39, 0.29) is 0 Å². The highest BCUT2D eigenvalue weighted by Gasteiger charge is 2.05. The van der Waals surface area contributed by atoms with Gasteiger partial charge in [0.1, 0.15) is 11.0 Å². The van der Waals surface area contributed by atoms with Crippen molar-refractivity contribution in [3.63, 3.8) is 0 Å². The van der Waals surface area contributed by atoms with Crippen molar-refractivity contribution >= 4 is 17.3 Å². The fraction of sp³-hybridized carbons (Fsp3) is 0.455. The Morgan fingerprint density at radius 2 is 2.18 bits per heavy atom. The van der Waals surface area contributed by atoms with Gasteiger partial charge in [-0.2, -0.15) is 5.10 Å². The minimum absolute atomic E-state index is 0.369. The van der Waals surface area contributed by atoms with Crippen LogP contribution in [0.3, 0.4) is 0 Å². The highest BCUT2D eigenvalue weighted by atomic mass is 35.5. The summed E-state index contributed by atoms with van der Waals surface area (Å²) < 4.78 is 3.76. The Kier molecular flexibility index (Phi) is 3.38. The number of rotatable bonds is 4. The molecule has 2 rings (SSSR count). The molecular formula is C11H16ClN5. The molecule has 0 atom stereocenters. The topological polar surface area (TPSA) is 47.7 Å². The van der Waals surface area contributed by atoms with Crippen molar-refractivity contribution in [3.05, 3.63) is 29.6 Å². The minimum Gasteiger partial charge on any atom is -0.375 e. The lowest BCUT2D eigenvalue weighted by atomic mass is 10.4. The van der Waals surface area contributed by atoms with Crippen molar-refractivity contribution in [2.24, 2.45) is 7.05 Å². The number of anilines is 1. The maximum Gasteiger partial charge on any atom is 0.128 e. The van der Waals surface area contributed by atoms with E-state index in [1.165, 1.54) is 0 Å². The Labute approximate surface area is 105 Å². The molecule has 0 saturated carbocycles. The highest BCUT2D eigenvalue weighted by Crippen LogP contribution is 2.13. The molecule has 2 aromatic heterocycles. The van der Waals surface area contributed by atoms with Gasteiger partial charge in [0.2, 0.25) is 0 Å². The third kappa shape index (κ3) is 2.61. The Morgan fingerprint density at radius 3 is 2.71 bits per heavy atom. The van der Waals surface area contributed by atoms with Crippen LogP contribution in [0, 0.1) is 0 Å². The maximum absolute atomic E-state index is 5.91. The summed E-state index contributed by atoms with van der Waals surface area (Å²) in [6, 6.07) is 0.369. The van der Waals surface area contributed by atoms with Gasteiger partial charge in [0.25, 0.3) is 0 Å². The van der Waals surface area contributed by atoms with Crippen molar-refractivity contribution in [1.29, 1.82) is 0 Å². The van der Waals surface area contributed by atoms with Crippen LogP contribution in [-0.2, 0) is 13.6 Å². The van der Waals surface area contributed by atoms with Crippen molar-refractivity contribution in [1.82, 2.24) is 19.3 Å². The van der Waals surface area contributed by atoms with Gasteiger partial charge in [-0.25, -0.2) is 4.98 Å². The van der Waals surface area contributed by atoms with Crippen molar-refractivity contribution in [2.75, 3.05) is 5.32 Å². The molecule has 0 aliphatic carbocycles. The predicted molar refractivity (Wildman–Crippen MR) is 68.2 cm³/mol. The molecule has 2 heterocycles. The molecule has 0 unspecified atom stereocenters. The molecule has 0 amide bonds. The summed E-state index contributed by atoms with van der Waals surface area (Å²) in [6.07, 6.45) is 5.44. The number of nitrogens with zero attached hydrogens (tertiary/aromatic N) is 4. The molecule has 0 aliphatic rings. The van der Waals surface area contributed by atoms with Crippen molar-refractivity contribution in [2.45, 2.75) is 26.4 Å². The lowest BCUT2D eigenvalue weighted by Crippen LogP contribution is -2.05. The molecule has 0 spiro atoms. The van der Waals surface area contributed by atoms with Gasteiger partial charge in [-0.3, -0.25) is 4.68 Å². The summed E-state index contributed by atoms with van der Waals surface area (Å²) in [5.74, 6) is 0.896. The van der Waals surface area contributed by atoms with E-state index in [4.69, 9.17) is 11.6 Å². The molecule has 5 nitrogen and oxygen atoms in total. The highest BCUT2D eigenvalue weighted by molar-refractivity contribution is 6.29. The SMILES string of the molecule is CC(C)n1cc(NCc2ncc(Cl)n2C)cn1. The Bertz CT molecular complexity index is 500. The van der Waals surface area contributed by atoms with E-state index in [1.54, 1.807) is 6.20 Å². The van der Waals surface area contributed by atoms with E-state index in [1.807, 2.05) is 28.7 Å². The molecule has 6 heteroatoms. The number of aromatic nitrogens is 4. The number of hydrogen-bond acceptors (Lipinski definition) is 3. The monoisotopic (exact) mass is 253 g/mol. The van der Waals surface area contributed by atoms with E-state index in [0.717, 1.165) is 11.5 Å². The van der Waals surface area contributed by atoms with Gasteiger partial charge in [0.15, 0.2) is 0 Å². The number of nitrogens with one attached hydrogen (secondary N) is 1. The smallest absolute Gasteiger partial charge is 0.128 e. The Morgan fingerprint density at radius 1 is 1.41 bits per heavy atom. The average molecular weight is 254 g/mol. The van der Waals surface area contributed by atoms with E-state index >= 15 is 0 Å². The van der Waals surface area contributed by atoms with Crippen LogP contribution in [-0.4, -0.2) is 19.3 Å². The third-order valence-electron chi connectivity index (χ3n) is 2.61. The first kappa shape index (κ1) is 12.0. The number of halogens is 1. The van der Waals surface area contributed by atoms with E-state index < -0.39 is 0 Å². The zero-order valence-electron chi connectivity index (χ0n) is 10.2. The average Bonchev–Trinajstić information content (AvgIpc) is 2.86. The zero-order chi connectivity index (χ0) is 12.4. The standard InChI is InChI=1S/C11H16ClN5/c1-8(2)17-7-9(4-15-17)13-6-11-14-5-10(12)16(11)3/h4-5,7-8,13H,6H2,1-3H3. The molecule has 0 bridgehead atoms. The molecule has 1 N–H and O–H groups in total. The molecular weight excluding hydrogens is 238 g/mol. The van der Waals surface area contributed by atoms with Crippen LogP contribution in [0.5, 0.6) is 0 Å². The second-order valence-corrected chi connectivity index (χ2v) is 4.60. The van der Waals surface area contributed by atoms with Gasteiger partial charge >= 0.3 is 0 Å². The van der Waals surface area contributed by atoms with Gasteiger partial charge in [-0.15, -0.1) is 0 Å². The van der Waals surface area contributed by atoms with Crippen molar-refractivity contribution in [3.8, 4) is 0 Å². The summed E-state index contributed by atoms with van der Waals surface area (Å²) in [5, 5.41) is 8.16. The first-order valence-electron chi connectivity index (χ1n) is 5.52. The molecule has 17 heavy (non-hydrogen) atoms. The Balaban J connectivity index is 2.00. The second kappa shape index (κ2) is 4.79. The van der Waals surface area contributed by atoms with Crippen LogP contribution in [0.15, 0.2) is 18.6 Å². The van der Waals surface area contributed by atoms with Crippen LogP contribution in [0.4, 0.5) is 5.69 Å². The normalized spacial score (nSPS) is 11.1. The largest absolute Gasteiger partial charge is 0.375 e. The van der Waals surface area contributed by atoms with Crippen LogP contribution in [0.25, 0.3) is 0 Å². The van der Waals surface area contributed by atoms with Crippen LogP contribution >= 0.6 is 11.6 Å². The zero-order valence-corrected chi connectivity index (χ0v) is 10.9. The summed E-state index contributed by atoms with van der Waals surface area (Å²) in [7, 11) is 1.89.